The van der Waals surface area contributed by atoms with E-state index in [1.807, 2.05) is 0 Å². The lowest BCUT2D eigenvalue weighted by atomic mass is 9.81. The van der Waals surface area contributed by atoms with Gasteiger partial charge in [-0.15, -0.1) is 0 Å². The molecule has 2 aliphatic carbocycles. The fraction of sp³-hybridized carbons (Fsp3) is 0.0909. The van der Waals surface area contributed by atoms with Gasteiger partial charge >= 0.3 is 0 Å². The van der Waals surface area contributed by atoms with Crippen LogP contribution in [-0.2, 0) is 0 Å². The maximum Gasteiger partial charge on any atom is -0.000741 e. The van der Waals surface area contributed by atoms with Crippen molar-refractivity contribution in [3.05, 3.63) is 217 Å². The molecule has 13 rings (SSSR count). The molecule has 11 aromatic carbocycles. The number of rotatable bonds is 7. The first-order valence-electron chi connectivity index (χ1n) is 23.6. The monoisotopic (exact) mass is 840 g/mol. The van der Waals surface area contributed by atoms with Crippen LogP contribution in [0.2, 0.25) is 0 Å². The van der Waals surface area contributed by atoms with E-state index >= 15 is 0 Å². The SMILES string of the molecule is CC(C)c1cccc(C(C)C)c1-c1ccc2c(c1)-c1cccc3cc(-c4ccc5c(-c6ccccc6)c6c(c(-c7ccccc7)c5c4)-c4cccc5c(-c7ccccc7)ccc-6c45)cc-2c13. The van der Waals surface area contributed by atoms with Crippen molar-refractivity contribution in [1.82, 2.24) is 0 Å². The first-order chi connectivity index (χ1) is 32.4. The summed E-state index contributed by atoms with van der Waals surface area (Å²) in [5.74, 6) is 0.863. The number of benzene rings is 11. The summed E-state index contributed by atoms with van der Waals surface area (Å²) in [6.07, 6.45) is 0. The van der Waals surface area contributed by atoms with Gasteiger partial charge in [0.05, 0.1) is 0 Å². The predicted molar refractivity (Wildman–Crippen MR) is 283 cm³/mol. The van der Waals surface area contributed by atoms with Gasteiger partial charge in [0.1, 0.15) is 0 Å². The Morgan fingerprint density at radius 3 is 1.47 bits per heavy atom. The van der Waals surface area contributed by atoms with Gasteiger partial charge in [-0.1, -0.05) is 210 Å². The van der Waals surface area contributed by atoms with E-state index < -0.39 is 0 Å². The fourth-order valence-corrected chi connectivity index (χ4v) is 11.8. The average molecular weight is 841 g/mol. The van der Waals surface area contributed by atoms with E-state index in [4.69, 9.17) is 0 Å². The molecule has 312 valence electrons. The molecule has 2 aliphatic rings. The van der Waals surface area contributed by atoms with Crippen molar-refractivity contribution in [1.29, 1.82) is 0 Å². The molecule has 0 atom stereocenters. The third kappa shape index (κ3) is 5.71. The molecular formula is C66H48. The van der Waals surface area contributed by atoms with Crippen molar-refractivity contribution in [2.24, 2.45) is 0 Å². The molecule has 0 aromatic heterocycles. The lowest BCUT2D eigenvalue weighted by Gasteiger charge is -2.21. The molecule has 11 aromatic rings. The second-order valence-corrected chi connectivity index (χ2v) is 19.1. The first kappa shape index (κ1) is 38.6. The van der Waals surface area contributed by atoms with E-state index in [9.17, 15) is 0 Å². The third-order valence-corrected chi connectivity index (χ3v) is 14.7. The molecule has 0 unspecified atom stereocenters. The van der Waals surface area contributed by atoms with Crippen molar-refractivity contribution in [2.75, 3.05) is 0 Å². The summed E-state index contributed by atoms with van der Waals surface area (Å²) in [6.45, 7) is 9.28. The van der Waals surface area contributed by atoms with Crippen molar-refractivity contribution < 1.29 is 0 Å². The van der Waals surface area contributed by atoms with Crippen LogP contribution in [0.4, 0.5) is 0 Å². The topological polar surface area (TPSA) is 0 Å². The Balaban J connectivity index is 1.05. The van der Waals surface area contributed by atoms with Crippen LogP contribution >= 0.6 is 0 Å². The molecule has 0 radical (unpaired) electrons. The zero-order valence-corrected chi connectivity index (χ0v) is 37.8. The van der Waals surface area contributed by atoms with Gasteiger partial charge in [-0.25, -0.2) is 0 Å². The van der Waals surface area contributed by atoms with Gasteiger partial charge in [-0.05, 0) is 180 Å². The Hall–Kier alpha value is -7.80. The van der Waals surface area contributed by atoms with Crippen molar-refractivity contribution in [3.8, 4) is 100 Å². The number of hydrogen-bond acceptors (Lipinski definition) is 0. The molecule has 66 heavy (non-hydrogen) atoms. The van der Waals surface area contributed by atoms with E-state index in [0.29, 0.717) is 11.8 Å². The Bertz CT molecular complexity index is 3750. The van der Waals surface area contributed by atoms with E-state index in [0.717, 1.165) is 0 Å². The van der Waals surface area contributed by atoms with Gasteiger partial charge in [0, 0.05) is 0 Å². The van der Waals surface area contributed by atoms with Crippen molar-refractivity contribution >= 4 is 32.3 Å². The van der Waals surface area contributed by atoms with Crippen molar-refractivity contribution in [2.45, 2.75) is 39.5 Å². The van der Waals surface area contributed by atoms with Crippen LogP contribution in [0.25, 0.3) is 132 Å². The normalized spacial score (nSPS) is 12.2. The molecule has 0 saturated heterocycles. The second-order valence-electron chi connectivity index (χ2n) is 19.1. The van der Waals surface area contributed by atoms with E-state index in [-0.39, 0.29) is 0 Å². The smallest absolute Gasteiger partial charge is 0.000741 e. The molecule has 0 heteroatoms. The summed E-state index contributed by atoms with van der Waals surface area (Å²) in [7, 11) is 0. The lowest BCUT2D eigenvalue weighted by Crippen LogP contribution is -2.00. The molecule has 0 aliphatic heterocycles. The lowest BCUT2D eigenvalue weighted by molar-refractivity contribution is 0.838. The van der Waals surface area contributed by atoms with Gasteiger partial charge in [0.2, 0.25) is 0 Å². The van der Waals surface area contributed by atoms with Crippen LogP contribution in [0.3, 0.4) is 0 Å². The summed E-state index contributed by atoms with van der Waals surface area (Å²) in [4.78, 5) is 0. The zero-order chi connectivity index (χ0) is 44.2. The highest BCUT2D eigenvalue weighted by Crippen LogP contribution is 2.59. The second kappa shape index (κ2) is 14.9. The maximum atomic E-state index is 2.50. The molecule has 0 spiro atoms. The highest BCUT2D eigenvalue weighted by atomic mass is 14.3. The van der Waals surface area contributed by atoms with Gasteiger partial charge in [-0.3, -0.25) is 0 Å². The summed E-state index contributed by atoms with van der Waals surface area (Å²) in [6, 6.07) is 77.9. The molecule has 0 bridgehead atoms. The highest BCUT2D eigenvalue weighted by molar-refractivity contribution is 6.29. The Kier molecular flexibility index (Phi) is 8.71. The van der Waals surface area contributed by atoms with Crippen LogP contribution in [-0.4, -0.2) is 0 Å². The van der Waals surface area contributed by atoms with Crippen molar-refractivity contribution in [3.63, 3.8) is 0 Å². The quantitative estimate of drug-likeness (QED) is 0.150. The molecule has 0 saturated carbocycles. The van der Waals surface area contributed by atoms with Crippen LogP contribution < -0.4 is 0 Å². The van der Waals surface area contributed by atoms with Crippen LogP contribution in [0, 0.1) is 0 Å². The number of hydrogen-bond donors (Lipinski definition) is 0. The van der Waals surface area contributed by atoms with E-state index in [2.05, 4.69) is 234 Å². The van der Waals surface area contributed by atoms with Crippen LogP contribution in [0.5, 0.6) is 0 Å². The zero-order valence-electron chi connectivity index (χ0n) is 37.8. The van der Waals surface area contributed by atoms with Gasteiger partial charge in [0.15, 0.2) is 0 Å². The summed E-state index contributed by atoms with van der Waals surface area (Å²) >= 11 is 0. The molecule has 0 amide bonds. The first-order valence-corrected chi connectivity index (χ1v) is 23.6. The summed E-state index contributed by atoms with van der Waals surface area (Å²) < 4.78 is 0. The Morgan fingerprint density at radius 1 is 0.242 bits per heavy atom. The minimum absolute atomic E-state index is 0.431. The fourth-order valence-electron chi connectivity index (χ4n) is 11.8. The van der Waals surface area contributed by atoms with E-state index in [1.165, 1.54) is 144 Å². The standard InChI is InChI=1S/C66H48/c1-39(2)48-24-15-25-49(40(3)4)60(48)46-30-31-51-57(37-46)53-26-14-23-45-35-47(38-58(51)61(45)53)44-29-32-54-59(36-44)63(43-21-12-7-13-22-43)65-55-28-16-27-52-50(41-17-8-5-9-18-41)33-34-56(64(52)55)66(65)62(54)42-19-10-6-11-20-42/h5-40H,1-4H3. The Labute approximate surface area is 387 Å². The minimum atomic E-state index is 0.431. The Morgan fingerprint density at radius 2 is 0.788 bits per heavy atom. The minimum Gasteiger partial charge on any atom is -0.0622 e. The largest absolute Gasteiger partial charge is 0.0622 e. The molecular weight excluding hydrogens is 793 g/mol. The van der Waals surface area contributed by atoms with Crippen LogP contribution in [0.1, 0.15) is 50.7 Å². The maximum absolute atomic E-state index is 2.50. The van der Waals surface area contributed by atoms with Crippen LogP contribution in [0.15, 0.2) is 206 Å². The average Bonchev–Trinajstić information content (AvgIpc) is 3.87. The molecule has 0 heterocycles. The third-order valence-electron chi connectivity index (χ3n) is 14.7. The van der Waals surface area contributed by atoms with E-state index in [1.54, 1.807) is 0 Å². The highest BCUT2D eigenvalue weighted by Gasteiger charge is 2.32. The molecule has 0 nitrogen and oxygen atoms in total. The number of fused-ring (bicyclic) bond motifs is 7. The predicted octanol–water partition coefficient (Wildman–Crippen LogP) is 19.0. The molecule has 0 N–H and O–H groups in total. The van der Waals surface area contributed by atoms with Gasteiger partial charge in [-0.2, -0.15) is 0 Å². The summed E-state index contributed by atoms with van der Waals surface area (Å²) in [5.41, 5.74) is 26.1. The van der Waals surface area contributed by atoms with Gasteiger partial charge < -0.3 is 0 Å². The molecule has 0 fully saturated rings. The van der Waals surface area contributed by atoms with Gasteiger partial charge in [0.25, 0.3) is 0 Å². The summed E-state index contributed by atoms with van der Waals surface area (Å²) in [5, 5.41) is 7.79.